The first-order valence-corrected chi connectivity index (χ1v) is 4.79. The van der Waals surface area contributed by atoms with Crippen molar-refractivity contribution in [3.05, 3.63) is 23.8 Å². The summed E-state index contributed by atoms with van der Waals surface area (Å²) >= 11 is 0. The van der Waals surface area contributed by atoms with Crippen LogP contribution >= 0.6 is 0 Å². The molecule has 4 nitrogen and oxygen atoms in total. The van der Waals surface area contributed by atoms with Crippen LogP contribution < -0.4 is 0 Å². The lowest BCUT2D eigenvalue weighted by molar-refractivity contribution is 0.0683. The first-order chi connectivity index (χ1) is 6.74. The van der Waals surface area contributed by atoms with Crippen molar-refractivity contribution in [1.82, 2.24) is 9.97 Å². The minimum atomic E-state index is -1.07. The van der Waals surface area contributed by atoms with Crippen LogP contribution in [0.15, 0.2) is 12.3 Å². The van der Waals surface area contributed by atoms with Crippen LogP contribution in [0.3, 0.4) is 0 Å². The van der Waals surface area contributed by atoms with Crippen LogP contribution in [0.1, 0.15) is 42.5 Å². The van der Waals surface area contributed by atoms with Gasteiger partial charge in [0.15, 0.2) is 0 Å². The van der Waals surface area contributed by atoms with Crippen molar-refractivity contribution in [3.8, 4) is 0 Å². The Bertz CT molecular complexity index is 313. The number of carboxylic acid groups (broad SMARTS) is 1. The maximum atomic E-state index is 10.6. The van der Waals surface area contributed by atoms with E-state index in [9.17, 15) is 4.79 Å². The van der Waals surface area contributed by atoms with E-state index >= 15 is 0 Å². The van der Waals surface area contributed by atoms with Gasteiger partial charge in [0, 0.05) is 11.9 Å². The Labute approximate surface area is 83.0 Å². The van der Waals surface area contributed by atoms with Crippen molar-refractivity contribution in [3.63, 3.8) is 0 Å². The van der Waals surface area contributed by atoms with E-state index in [1.807, 2.05) is 0 Å². The predicted molar refractivity (Wildman–Crippen MR) is 52.2 cm³/mol. The Kier molecular flexibility index (Phi) is 4.04. The maximum absolute atomic E-state index is 10.6. The second-order valence-corrected chi connectivity index (χ2v) is 3.13. The zero-order chi connectivity index (χ0) is 10.4. The van der Waals surface area contributed by atoms with Gasteiger partial charge in [0.2, 0.25) is 5.82 Å². The molecule has 1 aromatic heterocycles. The molecule has 14 heavy (non-hydrogen) atoms. The van der Waals surface area contributed by atoms with Crippen molar-refractivity contribution in [1.29, 1.82) is 0 Å². The molecule has 4 heteroatoms. The smallest absolute Gasteiger partial charge is 0.373 e. The Balaban J connectivity index is 2.59. The molecule has 76 valence electrons. The summed E-state index contributed by atoms with van der Waals surface area (Å²) in [4.78, 5) is 18.1. The van der Waals surface area contributed by atoms with Crippen LogP contribution in [-0.2, 0) is 6.42 Å². The maximum Gasteiger partial charge on any atom is 0.373 e. The van der Waals surface area contributed by atoms with Crippen LogP contribution in [0.4, 0.5) is 0 Å². The molecule has 0 radical (unpaired) electrons. The average Bonchev–Trinajstić information content (AvgIpc) is 2.19. The van der Waals surface area contributed by atoms with Gasteiger partial charge >= 0.3 is 5.97 Å². The molecule has 0 fully saturated rings. The highest BCUT2D eigenvalue weighted by molar-refractivity contribution is 5.82. The van der Waals surface area contributed by atoms with E-state index in [4.69, 9.17) is 5.11 Å². The van der Waals surface area contributed by atoms with E-state index in [0.717, 1.165) is 31.4 Å². The number of hydrogen-bond donors (Lipinski definition) is 1. The number of carbonyl (C=O) groups is 1. The number of nitrogens with zero attached hydrogens (tertiary/aromatic N) is 2. The summed E-state index contributed by atoms with van der Waals surface area (Å²) in [5.74, 6) is -1.18. The SMILES string of the molecule is CCCCCc1ccnc(C(=O)O)n1. The minimum Gasteiger partial charge on any atom is -0.475 e. The highest BCUT2D eigenvalue weighted by atomic mass is 16.4. The van der Waals surface area contributed by atoms with Crippen LogP contribution in [0, 0.1) is 0 Å². The summed E-state index contributed by atoms with van der Waals surface area (Å²) in [7, 11) is 0. The van der Waals surface area contributed by atoms with Gasteiger partial charge in [-0.1, -0.05) is 19.8 Å². The Morgan fingerprint density at radius 2 is 2.29 bits per heavy atom. The molecule has 0 aliphatic rings. The summed E-state index contributed by atoms with van der Waals surface area (Å²) in [6.07, 6.45) is 5.67. The topological polar surface area (TPSA) is 63.1 Å². The molecular weight excluding hydrogens is 180 g/mol. The van der Waals surface area contributed by atoms with Crippen LogP contribution in [0.25, 0.3) is 0 Å². The van der Waals surface area contributed by atoms with Gasteiger partial charge in [-0.25, -0.2) is 14.8 Å². The van der Waals surface area contributed by atoms with Crippen molar-refractivity contribution < 1.29 is 9.90 Å². The third-order valence-corrected chi connectivity index (χ3v) is 1.94. The fraction of sp³-hybridized carbons (Fsp3) is 0.500. The summed E-state index contributed by atoms with van der Waals surface area (Å²) in [6, 6.07) is 1.77. The second-order valence-electron chi connectivity index (χ2n) is 3.13. The summed E-state index contributed by atoms with van der Waals surface area (Å²) < 4.78 is 0. The minimum absolute atomic E-state index is 0.112. The molecule has 0 aromatic carbocycles. The normalized spacial score (nSPS) is 10.1. The number of unbranched alkanes of at least 4 members (excludes halogenated alkanes) is 2. The molecular formula is C10H14N2O2. The van der Waals surface area contributed by atoms with Crippen molar-refractivity contribution in [2.45, 2.75) is 32.6 Å². The first kappa shape index (κ1) is 10.6. The first-order valence-electron chi connectivity index (χ1n) is 4.79. The molecule has 1 N–H and O–H groups in total. The fourth-order valence-electron chi connectivity index (χ4n) is 1.19. The third kappa shape index (κ3) is 3.12. The molecule has 1 rings (SSSR count). The lowest BCUT2D eigenvalue weighted by Gasteiger charge is -1.99. The zero-order valence-corrected chi connectivity index (χ0v) is 8.23. The van der Waals surface area contributed by atoms with Crippen LogP contribution in [0.5, 0.6) is 0 Å². The van der Waals surface area contributed by atoms with Crippen LogP contribution in [-0.4, -0.2) is 21.0 Å². The van der Waals surface area contributed by atoms with E-state index in [1.165, 1.54) is 6.20 Å². The largest absolute Gasteiger partial charge is 0.475 e. The number of hydrogen-bond acceptors (Lipinski definition) is 3. The molecule has 0 aliphatic carbocycles. The predicted octanol–water partition coefficient (Wildman–Crippen LogP) is 1.91. The van der Waals surface area contributed by atoms with E-state index in [0.29, 0.717) is 0 Å². The van der Waals surface area contributed by atoms with Gasteiger partial charge in [-0.3, -0.25) is 0 Å². The zero-order valence-electron chi connectivity index (χ0n) is 8.23. The van der Waals surface area contributed by atoms with Gasteiger partial charge in [0.05, 0.1) is 0 Å². The summed E-state index contributed by atoms with van der Waals surface area (Å²) in [6.45, 7) is 2.13. The third-order valence-electron chi connectivity index (χ3n) is 1.94. The molecule has 0 atom stereocenters. The lowest BCUT2D eigenvalue weighted by atomic mass is 10.1. The standard InChI is InChI=1S/C10H14N2O2/c1-2-3-4-5-8-6-7-11-9(12-8)10(13)14/h6-7H,2-5H2,1H3,(H,13,14). The molecule has 0 saturated heterocycles. The number of aromatic carboxylic acids is 1. The average molecular weight is 194 g/mol. The van der Waals surface area contributed by atoms with E-state index in [1.54, 1.807) is 6.07 Å². The van der Waals surface area contributed by atoms with E-state index < -0.39 is 5.97 Å². The molecule has 0 unspecified atom stereocenters. The highest BCUT2D eigenvalue weighted by Crippen LogP contribution is 2.03. The number of aromatic nitrogens is 2. The van der Waals surface area contributed by atoms with Gasteiger partial charge in [-0.15, -0.1) is 0 Å². The molecule has 0 aliphatic heterocycles. The molecule has 0 saturated carbocycles. The lowest BCUT2D eigenvalue weighted by Crippen LogP contribution is -2.05. The molecule has 1 aromatic rings. The molecule has 0 bridgehead atoms. The summed E-state index contributed by atoms with van der Waals surface area (Å²) in [5.41, 5.74) is 0.811. The Morgan fingerprint density at radius 3 is 2.93 bits per heavy atom. The van der Waals surface area contributed by atoms with Gasteiger partial charge in [-0.2, -0.15) is 0 Å². The monoisotopic (exact) mass is 194 g/mol. The molecule has 0 spiro atoms. The van der Waals surface area contributed by atoms with Gasteiger partial charge in [-0.05, 0) is 18.9 Å². The van der Waals surface area contributed by atoms with Crippen LogP contribution in [0.2, 0.25) is 0 Å². The fourth-order valence-corrected chi connectivity index (χ4v) is 1.19. The van der Waals surface area contributed by atoms with Crippen molar-refractivity contribution in [2.75, 3.05) is 0 Å². The Morgan fingerprint density at radius 1 is 1.50 bits per heavy atom. The molecule has 1 heterocycles. The van der Waals surface area contributed by atoms with Crippen molar-refractivity contribution >= 4 is 5.97 Å². The van der Waals surface area contributed by atoms with Crippen molar-refractivity contribution in [2.24, 2.45) is 0 Å². The molecule has 0 amide bonds. The van der Waals surface area contributed by atoms with Gasteiger partial charge in [0.25, 0.3) is 0 Å². The Hall–Kier alpha value is -1.45. The van der Waals surface area contributed by atoms with Gasteiger partial charge in [0.1, 0.15) is 0 Å². The quantitative estimate of drug-likeness (QED) is 0.727. The summed E-state index contributed by atoms with van der Waals surface area (Å²) in [5, 5.41) is 8.66. The highest BCUT2D eigenvalue weighted by Gasteiger charge is 2.06. The van der Waals surface area contributed by atoms with E-state index in [2.05, 4.69) is 16.9 Å². The number of carboxylic acids is 1. The van der Waals surface area contributed by atoms with Gasteiger partial charge < -0.3 is 5.11 Å². The second kappa shape index (κ2) is 5.32. The number of aryl methyl sites for hydroxylation is 1. The van der Waals surface area contributed by atoms with E-state index in [-0.39, 0.29) is 5.82 Å². The number of rotatable bonds is 5.